The van der Waals surface area contributed by atoms with E-state index in [0.29, 0.717) is 5.92 Å². The van der Waals surface area contributed by atoms with Crippen LogP contribution in [0.15, 0.2) is 0 Å². The number of carboxylic acid groups (broad SMARTS) is 1. The van der Waals surface area contributed by atoms with Crippen molar-refractivity contribution in [1.82, 2.24) is 10.3 Å². The summed E-state index contributed by atoms with van der Waals surface area (Å²) >= 11 is 1.52. The van der Waals surface area contributed by atoms with Gasteiger partial charge in [-0.1, -0.05) is 0 Å². The fourth-order valence-corrected chi connectivity index (χ4v) is 3.15. The Bertz CT molecular complexity index is 383. The van der Waals surface area contributed by atoms with Gasteiger partial charge in [0.25, 0.3) is 0 Å². The first-order valence-corrected chi connectivity index (χ1v) is 6.37. The topological polar surface area (TPSA) is 62.2 Å². The van der Waals surface area contributed by atoms with Gasteiger partial charge in [-0.25, -0.2) is 4.98 Å². The van der Waals surface area contributed by atoms with E-state index in [2.05, 4.69) is 10.3 Å². The summed E-state index contributed by atoms with van der Waals surface area (Å²) in [7, 11) is 0. The number of aryl methyl sites for hydroxylation is 1. The lowest BCUT2D eigenvalue weighted by atomic mass is 9.94. The maximum absolute atomic E-state index is 10.6. The largest absolute Gasteiger partial charge is 0.481 e. The Balaban J connectivity index is 2.13. The van der Waals surface area contributed by atoms with Crippen LogP contribution in [0.4, 0.5) is 0 Å². The molecule has 0 amide bonds. The summed E-state index contributed by atoms with van der Waals surface area (Å²) in [6.45, 7) is 4.12. The number of nitrogens with one attached hydrogen (secondary N) is 1. The fraction of sp³-hybridized carbons (Fsp3) is 0.636. The smallest absolute Gasteiger partial charge is 0.310 e. The van der Waals surface area contributed by atoms with Crippen LogP contribution in [0.1, 0.15) is 34.3 Å². The molecule has 2 N–H and O–H groups in total. The molecule has 0 aliphatic carbocycles. The standard InChI is InChI=1S/C11H16N2O2S/c1-7-11(8-2-4-12-5-3-8)13-9(16-7)6-10(14)15/h8,12H,2-6H2,1H3,(H,14,15). The minimum Gasteiger partial charge on any atom is -0.481 e. The van der Waals surface area contributed by atoms with Gasteiger partial charge in [-0.2, -0.15) is 0 Å². The van der Waals surface area contributed by atoms with Crippen molar-refractivity contribution in [1.29, 1.82) is 0 Å². The molecule has 1 aromatic heterocycles. The van der Waals surface area contributed by atoms with E-state index >= 15 is 0 Å². The second kappa shape index (κ2) is 4.93. The third-order valence-electron chi connectivity index (χ3n) is 2.91. The van der Waals surface area contributed by atoms with E-state index in [1.54, 1.807) is 0 Å². The highest BCUT2D eigenvalue weighted by Gasteiger charge is 2.21. The van der Waals surface area contributed by atoms with Gasteiger partial charge in [-0.15, -0.1) is 11.3 Å². The van der Waals surface area contributed by atoms with Gasteiger partial charge in [0.1, 0.15) is 5.01 Å². The van der Waals surface area contributed by atoms with Crippen LogP contribution in [0.5, 0.6) is 0 Å². The van der Waals surface area contributed by atoms with E-state index < -0.39 is 5.97 Å². The van der Waals surface area contributed by atoms with E-state index in [9.17, 15) is 4.79 Å². The van der Waals surface area contributed by atoms with Gasteiger partial charge in [-0.3, -0.25) is 4.79 Å². The fourth-order valence-electron chi connectivity index (χ4n) is 2.14. The molecular weight excluding hydrogens is 224 g/mol. The molecule has 88 valence electrons. The number of piperidine rings is 1. The van der Waals surface area contributed by atoms with E-state index in [1.165, 1.54) is 16.2 Å². The van der Waals surface area contributed by atoms with Crippen LogP contribution in [0, 0.1) is 6.92 Å². The molecule has 0 aromatic carbocycles. The first kappa shape index (κ1) is 11.5. The predicted molar refractivity (Wildman–Crippen MR) is 63.0 cm³/mol. The van der Waals surface area contributed by atoms with Gasteiger partial charge in [0.2, 0.25) is 0 Å². The van der Waals surface area contributed by atoms with E-state index in [0.717, 1.165) is 36.6 Å². The maximum Gasteiger partial charge on any atom is 0.310 e. The summed E-state index contributed by atoms with van der Waals surface area (Å²) < 4.78 is 0. The molecule has 1 aliphatic rings. The molecule has 5 heteroatoms. The quantitative estimate of drug-likeness (QED) is 0.841. The Hall–Kier alpha value is -0.940. The number of thiazole rings is 1. The lowest BCUT2D eigenvalue weighted by Gasteiger charge is -2.21. The van der Waals surface area contributed by atoms with Gasteiger partial charge in [-0.05, 0) is 32.9 Å². The molecule has 0 bridgehead atoms. The Labute approximate surface area is 98.7 Å². The minimum atomic E-state index is -0.800. The van der Waals surface area contributed by atoms with Gasteiger partial charge in [0.05, 0.1) is 12.1 Å². The number of hydrogen-bond donors (Lipinski definition) is 2. The van der Waals surface area contributed by atoms with Crippen molar-refractivity contribution >= 4 is 17.3 Å². The highest BCUT2D eigenvalue weighted by molar-refractivity contribution is 7.11. The van der Waals surface area contributed by atoms with Gasteiger partial charge in [0.15, 0.2) is 0 Å². The molecule has 16 heavy (non-hydrogen) atoms. The summed E-state index contributed by atoms with van der Waals surface area (Å²) in [6.07, 6.45) is 2.27. The second-order valence-corrected chi connectivity index (χ2v) is 5.43. The van der Waals surface area contributed by atoms with Crippen molar-refractivity contribution in [2.45, 2.75) is 32.1 Å². The molecule has 0 radical (unpaired) electrons. The Morgan fingerprint density at radius 1 is 1.56 bits per heavy atom. The van der Waals surface area contributed by atoms with E-state index in [1.807, 2.05) is 6.92 Å². The Morgan fingerprint density at radius 3 is 2.88 bits per heavy atom. The molecule has 1 aromatic rings. The monoisotopic (exact) mass is 240 g/mol. The summed E-state index contributed by atoms with van der Waals surface area (Å²) in [4.78, 5) is 16.3. The Morgan fingerprint density at radius 2 is 2.25 bits per heavy atom. The average Bonchev–Trinajstić information content (AvgIpc) is 2.60. The number of aromatic nitrogens is 1. The molecule has 0 spiro atoms. The minimum absolute atomic E-state index is 0.0521. The zero-order valence-electron chi connectivity index (χ0n) is 9.32. The molecule has 0 saturated carbocycles. The molecule has 1 aliphatic heterocycles. The summed E-state index contributed by atoms with van der Waals surface area (Å²) in [5.41, 5.74) is 1.13. The van der Waals surface area contributed by atoms with Crippen molar-refractivity contribution < 1.29 is 9.90 Å². The highest BCUT2D eigenvalue weighted by atomic mass is 32.1. The van der Waals surface area contributed by atoms with Gasteiger partial charge in [0, 0.05) is 10.8 Å². The number of carbonyl (C=O) groups is 1. The van der Waals surface area contributed by atoms with Crippen LogP contribution in [0.25, 0.3) is 0 Å². The van der Waals surface area contributed by atoms with Crippen molar-refractivity contribution in [2.75, 3.05) is 13.1 Å². The average molecular weight is 240 g/mol. The van der Waals surface area contributed by atoms with Crippen LogP contribution >= 0.6 is 11.3 Å². The highest BCUT2D eigenvalue weighted by Crippen LogP contribution is 2.30. The zero-order chi connectivity index (χ0) is 11.5. The van der Waals surface area contributed by atoms with Gasteiger partial charge < -0.3 is 10.4 Å². The molecule has 1 fully saturated rings. The predicted octanol–water partition coefficient (Wildman–Crippen LogP) is 1.55. The molecule has 0 atom stereocenters. The molecule has 2 rings (SSSR count). The first-order valence-electron chi connectivity index (χ1n) is 5.55. The molecule has 1 saturated heterocycles. The first-order chi connectivity index (χ1) is 7.66. The lowest BCUT2D eigenvalue weighted by Crippen LogP contribution is -2.27. The lowest BCUT2D eigenvalue weighted by molar-refractivity contribution is -0.136. The summed E-state index contributed by atoms with van der Waals surface area (Å²) in [6, 6.07) is 0. The SMILES string of the molecule is Cc1sc(CC(=O)O)nc1C1CCNCC1. The van der Waals surface area contributed by atoms with Crippen molar-refractivity contribution in [2.24, 2.45) is 0 Å². The number of carboxylic acids is 1. The maximum atomic E-state index is 10.6. The third-order valence-corrected chi connectivity index (χ3v) is 3.89. The molecule has 2 heterocycles. The number of nitrogens with zero attached hydrogens (tertiary/aromatic N) is 1. The van der Waals surface area contributed by atoms with E-state index in [4.69, 9.17) is 5.11 Å². The van der Waals surface area contributed by atoms with Crippen LogP contribution in [0.3, 0.4) is 0 Å². The van der Waals surface area contributed by atoms with Crippen LogP contribution in [-0.2, 0) is 11.2 Å². The van der Waals surface area contributed by atoms with Crippen LogP contribution in [0.2, 0.25) is 0 Å². The van der Waals surface area contributed by atoms with Crippen LogP contribution in [-0.4, -0.2) is 29.1 Å². The molecule has 4 nitrogen and oxygen atoms in total. The second-order valence-electron chi connectivity index (χ2n) is 4.14. The van der Waals surface area contributed by atoms with Gasteiger partial charge >= 0.3 is 5.97 Å². The number of hydrogen-bond acceptors (Lipinski definition) is 4. The van der Waals surface area contributed by atoms with Crippen molar-refractivity contribution in [3.63, 3.8) is 0 Å². The number of aliphatic carboxylic acids is 1. The summed E-state index contributed by atoms with van der Waals surface area (Å²) in [5.74, 6) is -0.286. The van der Waals surface area contributed by atoms with Crippen molar-refractivity contribution in [3.8, 4) is 0 Å². The normalized spacial score (nSPS) is 17.6. The third kappa shape index (κ3) is 2.59. The molecular formula is C11H16N2O2S. The number of rotatable bonds is 3. The van der Waals surface area contributed by atoms with Crippen molar-refractivity contribution in [3.05, 3.63) is 15.6 Å². The Kier molecular flexibility index (Phi) is 3.56. The van der Waals surface area contributed by atoms with E-state index in [-0.39, 0.29) is 6.42 Å². The summed E-state index contributed by atoms with van der Waals surface area (Å²) in [5, 5.41) is 12.8. The van der Waals surface area contributed by atoms with Crippen LogP contribution < -0.4 is 5.32 Å². The zero-order valence-corrected chi connectivity index (χ0v) is 10.1. The molecule has 0 unspecified atom stereocenters.